The molecule has 1 aromatic carbocycles. The molecule has 0 radical (unpaired) electrons. The summed E-state index contributed by atoms with van der Waals surface area (Å²) in [6.07, 6.45) is 0.825. The van der Waals surface area contributed by atoms with Crippen LogP contribution in [0, 0.1) is 17.2 Å². The van der Waals surface area contributed by atoms with Crippen LogP contribution in [0.2, 0.25) is 0 Å². The van der Waals surface area contributed by atoms with Gasteiger partial charge >= 0.3 is 0 Å². The van der Waals surface area contributed by atoms with Crippen LogP contribution in [0.5, 0.6) is 0 Å². The number of nitrogens with one attached hydrogen (secondary N) is 1. The van der Waals surface area contributed by atoms with Crippen molar-refractivity contribution in [3.05, 3.63) is 35.9 Å². The molecule has 0 saturated carbocycles. The molecule has 1 amide bonds. The monoisotopic (exact) mass is 285 g/mol. The molecular formula is C16H19N3O2. The standard InChI is InChI=1S/C16H19N3O2/c1-11(2)8-13(10-17)18-16(20)14-9-15(21-19-14)12-6-4-3-5-7-12/h3-7,11,13,15H,8-9H2,1-2H3,(H,18,20)/t13-,15+/m0/s1. The maximum atomic E-state index is 12.1. The van der Waals surface area contributed by atoms with Gasteiger partial charge in [0.1, 0.15) is 11.8 Å². The van der Waals surface area contributed by atoms with Gasteiger partial charge in [0.05, 0.1) is 6.07 Å². The molecule has 5 nitrogen and oxygen atoms in total. The molecule has 110 valence electrons. The van der Waals surface area contributed by atoms with Crippen molar-refractivity contribution in [2.24, 2.45) is 11.1 Å². The summed E-state index contributed by atoms with van der Waals surface area (Å²) in [6, 6.07) is 11.3. The Morgan fingerprint density at radius 3 is 2.81 bits per heavy atom. The summed E-state index contributed by atoms with van der Waals surface area (Å²) in [5, 5.41) is 15.6. The number of carbonyl (C=O) groups is 1. The lowest BCUT2D eigenvalue weighted by Crippen LogP contribution is -2.38. The number of amides is 1. The second kappa shape index (κ2) is 6.89. The molecule has 0 fully saturated rings. The zero-order chi connectivity index (χ0) is 15.2. The summed E-state index contributed by atoms with van der Waals surface area (Å²) in [5.74, 6) is 0.0226. The third-order valence-corrected chi connectivity index (χ3v) is 3.27. The minimum atomic E-state index is -0.490. The van der Waals surface area contributed by atoms with E-state index in [-0.39, 0.29) is 12.0 Å². The quantitative estimate of drug-likeness (QED) is 0.903. The summed E-state index contributed by atoms with van der Waals surface area (Å²) >= 11 is 0. The number of hydrogen-bond donors (Lipinski definition) is 1. The van der Waals surface area contributed by atoms with Crippen molar-refractivity contribution in [2.45, 2.75) is 38.8 Å². The van der Waals surface area contributed by atoms with E-state index >= 15 is 0 Å². The largest absolute Gasteiger partial charge is 0.387 e. The Labute approximate surface area is 124 Å². The zero-order valence-corrected chi connectivity index (χ0v) is 12.2. The summed E-state index contributed by atoms with van der Waals surface area (Å²) in [6.45, 7) is 4.02. The fraction of sp³-hybridized carbons (Fsp3) is 0.438. The molecule has 0 aliphatic carbocycles. The lowest BCUT2D eigenvalue weighted by atomic mass is 10.0. The van der Waals surface area contributed by atoms with Crippen molar-refractivity contribution in [2.75, 3.05) is 0 Å². The number of oxime groups is 1. The smallest absolute Gasteiger partial charge is 0.270 e. The molecule has 1 aromatic rings. The van der Waals surface area contributed by atoms with Gasteiger partial charge in [0, 0.05) is 6.42 Å². The first-order valence-corrected chi connectivity index (χ1v) is 7.08. The SMILES string of the molecule is CC(C)C[C@@H](C#N)NC(=O)C1=NO[C@@H](c2ccccc2)C1. The molecule has 0 spiro atoms. The second-order valence-corrected chi connectivity index (χ2v) is 5.53. The summed E-state index contributed by atoms with van der Waals surface area (Å²) in [5.41, 5.74) is 1.33. The highest BCUT2D eigenvalue weighted by Crippen LogP contribution is 2.26. The normalized spacial score (nSPS) is 18.6. The minimum Gasteiger partial charge on any atom is -0.387 e. The lowest BCUT2D eigenvalue weighted by Gasteiger charge is -2.13. The average Bonchev–Trinajstić information content (AvgIpc) is 2.97. The second-order valence-electron chi connectivity index (χ2n) is 5.53. The van der Waals surface area contributed by atoms with Gasteiger partial charge in [0.2, 0.25) is 0 Å². The maximum Gasteiger partial charge on any atom is 0.270 e. The Morgan fingerprint density at radius 1 is 1.48 bits per heavy atom. The highest BCUT2D eigenvalue weighted by Gasteiger charge is 2.28. The van der Waals surface area contributed by atoms with E-state index in [9.17, 15) is 4.79 Å². The van der Waals surface area contributed by atoms with Crippen LogP contribution >= 0.6 is 0 Å². The number of nitriles is 1. The van der Waals surface area contributed by atoms with Crippen LogP contribution in [0.15, 0.2) is 35.5 Å². The van der Waals surface area contributed by atoms with Gasteiger partial charge in [-0.3, -0.25) is 4.79 Å². The van der Waals surface area contributed by atoms with E-state index in [1.807, 2.05) is 44.2 Å². The van der Waals surface area contributed by atoms with E-state index in [1.165, 1.54) is 0 Å². The highest BCUT2D eigenvalue weighted by atomic mass is 16.6. The molecule has 2 atom stereocenters. The van der Waals surface area contributed by atoms with E-state index in [4.69, 9.17) is 10.1 Å². The Hall–Kier alpha value is -2.35. The van der Waals surface area contributed by atoms with Gasteiger partial charge in [-0.2, -0.15) is 5.26 Å². The maximum absolute atomic E-state index is 12.1. The number of hydrogen-bond acceptors (Lipinski definition) is 4. The molecule has 1 N–H and O–H groups in total. The molecule has 1 aliphatic heterocycles. The van der Waals surface area contributed by atoms with E-state index in [1.54, 1.807) is 0 Å². The fourth-order valence-corrected chi connectivity index (χ4v) is 2.21. The van der Waals surface area contributed by atoms with Gasteiger partial charge < -0.3 is 10.2 Å². The van der Waals surface area contributed by atoms with E-state index in [2.05, 4.69) is 16.5 Å². The van der Waals surface area contributed by atoms with Gasteiger partial charge in [-0.1, -0.05) is 49.3 Å². The first kappa shape index (κ1) is 15.0. The van der Waals surface area contributed by atoms with Crippen LogP contribution in [0.25, 0.3) is 0 Å². The first-order chi connectivity index (χ1) is 10.1. The molecule has 2 rings (SSSR count). The Kier molecular flexibility index (Phi) is 4.94. The molecule has 0 aromatic heterocycles. The molecule has 0 bridgehead atoms. The Bertz CT molecular complexity index is 561. The lowest BCUT2D eigenvalue weighted by molar-refractivity contribution is -0.115. The Balaban J connectivity index is 1.92. The average molecular weight is 285 g/mol. The molecule has 0 saturated heterocycles. The van der Waals surface area contributed by atoms with Crippen LogP contribution in [-0.2, 0) is 9.63 Å². The molecule has 1 heterocycles. The zero-order valence-electron chi connectivity index (χ0n) is 12.2. The van der Waals surface area contributed by atoms with Gasteiger partial charge in [-0.15, -0.1) is 0 Å². The van der Waals surface area contributed by atoms with Gasteiger partial charge in [0.15, 0.2) is 6.10 Å². The van der Waals surface area contributed by atoms with E-state index < -0.39 is 6.04 Å². The first-order valence-electron chi connectivity index (χ1n) is 7.08. The van der Waals surface area contributed by atoms with Crippen LogP contribution in [-0.4, -0.2) is 17.7 Å². The topological polar surface area (TPSA) is 74.5 Å². The molecular weight excluding hydrogens is 266 g/mol. The van der Waals surface area contributed by atoms with Crippen molar-refractivity contribution in [1.29, 1.82) is 5.26 Å². The number of nitrogens with zero attached hydrogens (tertiary/aromatic N) is 2. The molecule has 0 unspecified atom stereocenters. The van der Waals surface area contributed by atoms with Crippen LogP contribution in [0.3, 0.4) is 0 Å². The van der Waals surface area contributed by atoms with Gasteiger partial charge in [0.25, 0.3) is 5.91 Å². The summed E-state index contributed by atoms with van der Waals surface area (Å²) in [4.78, 5) is 17.4. The van der Waals surface area contributed by atoms with E-state index in [0.29, 0.717) is 24.5 Å². The van der Waals surface area contributed by atoms with Crippen LogP contribution in [0.4, 0.5) is 0 Å². The third-order valence-electron chi connectivity index (χ3n) is 3.27. The van der Waals surface area contributed by atoms with Crippen molar-refractivity contribution >= 4 is 11.6 Å². The highest BCUT2D eigenvalue weighted by molar-refractivity contribution is 6.39. The predicted octanol–water partition coefficient (Wildman–Crippen LogP) is 2.56. The number of benzene rings is 1. The summed E-state index contributed by atoms with van der Waals surface area (Å²) in [7, 11) is 0. The van der Waals surface area contributed by atoms with Crippen LogP contribution in [0.1, 0.15) is 38.4 Å². The third kappa shape index (κ3) is 4.06. The van der Waals surface area contributed by atoms with Crippen molar-refractivity contribution in [3.8, 4) is 6.07 Å². The number of rotatable bonds is 5. The van der Waals surface area contributed by atoms with Crippen LogP contribution < -0.4 is 5.32 Å². The molecule has 1 aliphatic rings. The minimum absolute atomic E-state index is 0.224. The molecule has 21 heavy (non-hydrogen) atoms. The van der Waals surface area contributed by atoms with Gasteiger partial charge in [-0.05, 0) is 17.9 Å². The van der Waals surface area contributed by atoms with E-state index in [0.717, 1.165) is 5.56 Å². The molecule has 5 heteroatoms. The predicted molar refractivity (Wildman–Crippen MR) is 79.3 cm³/mol. The van der Waals surface area contributed by atoms with Crippen molar-refractivity contribution in [1.82, 2.24) is 5.32 Å². The summed E-state index contributed by atoms with van der Waals surface area (Å²) < 4.78 is 0. The Morgan fingerprint density at radius 2 is 2.19 bits per heavy atom. The number of carbonyl (C=O) groups excluding carboxylic acids is 1. The van der Waals surface area contributed by atoms with Crippen molar-refractivity contribution in [3.63, 3.8) is 0 Å². The fourth-order valence-electron chi connectivity index (χ4n) is 2.21. The van der Waals surface area contributed by atoms with Gasteiger partial charge in [-0.25, -0.2) is 0 Å². The van der Waals surface area contributed by atoms with Crippen molar-refractivity contribution < 1.29 is 9.63 Å².